The summed E-state index contributed by atoms with van der Waals surface area (Å²) in [4.78, 5) is 15.7. The van der Waals surface area contributed by atoms with Crippen molar-refractivity contribution in [2.24, 2.45) is 0 Å². The van der Waals surface area contributed by atoms with E-state index < -0.39 is 18.9 Å². The molecular weight excluding hydrogens is 296 g/mol. The number of benzene rings is 2. The Morgan fingerprint density at radius 1 is 1.09 bits per heavy atom. The number of hydrogen-bond acceptors (Lipinski definition) is 5. The van der Waals surface area contributed by atoms with E-state index in [4.69, 9.17) is 5.11 Å². The molecular formula is C18H18O5. The van der Waals surface area contributed by atoms with Crippen LogP contribution in [0.2, 0.25) is 0 Å². The van der Waals surface area contributed by atoms with Gasteiger partial charge in [-0.3, -0.25) is 5.26 Å². The van der Waals surface area contributed by atoms with E-state index in [0.717, 1.165) is 22.3 Å². The van der Waals surface area contributed by atoms with Crippen molar-refractivity contribution in [1.29, 1.82) is 0 Å². The third-order valence-corrected chi connectivity index (χ3v) is 3.34. The molecule has 2 rings (SSSR count). The first-order valence-electron chi connectivity index (χ1n) is 7.06. The van der Waals surface area contributed by atoms with Gasteiger partial charge in [0.15, 0.2) is 6.79 Å². The number of rotatable bonds is 6. The van der Waals surface area contributed by atoms with Gasteiger partial charge in [-0.25, -0.2) is 9.68 Å². The number of carbonyl (C=O) groups is 1. The average Bonchev–Trinajstić information content (AvgIpc) is 2.57. The highest BCUT2D eigenvalue weighted by molar-refractivity contribution is 5.86. The van der Waals surface area contributed by atoms with Crippen LogP contribution in [0.25, 0.3) is 6.08 Å². The summed E-state index contributed by atoms with van der Waals surface area (Å²) in [6, 6.07) is 14.9. The summed E-state index contributed by atoms with van der Waals surface area (Å²) in [5, 5.41) is 17.7. The molecule has 120 valence electrons. The predicted octanol–water partition coefficient (Wildman–Crippen LogP) is 3.08. The van der Waals surface area contributed by atoms with E-state index >= 15 is 0 Å². The average molecular weight is 314 g/mol. The number of carbonyl (C=O) groups excluding carboxylic acids is 1. The molecule has 1 atom stereocenters. The van der Waals surface area contributed by atoms with Crippen LogP contribution in [0.1, 0.15) is 28.4 Å². The number of aryl methyl sites for hydroxylation is 1. The first-order chi connectivity index (χ1) is 11.1. The standard InChI is InChI=1S/C18H18O5/c1-13-2-7-15(8-3-13)18(23-21)16-9-4-14(5-10-16)6-11-17(20)22-12-19/h2-11,18-19,21H,12H2,1H3. The van der Waals surface area contributed by atoms with Crippen molar-refractivity contribution in [3.8, 4) is 0 Å². The van der Waals surface area contributed by atoms with Crippen molar-refractivity contribution in [3.05, 3.63) is 76.9 Å². The second-order valence-corrected chi connectivity index (χ2v) is 4.99. The molecule has 0 aliphatic carbocycles. The van der Waals surface area contributed by atoms with Crippen LogP contribution in [0.3, 0.4) is 0 Å². The van der Waals surface area contributed by atoms with Crippen LogP contribution in [-0.2, 0) is 14.4 Å². The zero-order chi connectivity index (χ0) is 16.7. The van der Waals surface area contributed by atoms with Gasteiger partial charge in [0.1, 0.15) is 6.10 Å². The van der Waals surface area contributed by atoms with Gasteiger partial charge < -0.3 is 9.84 Å². The van der Waals surface area contributed by atoms with Crippen LogP contribution in [0.5, 0.6) is 0 Å². The SMILES string of the molecule is Cc1ccc(C(OO)c2ccc(C=CC(=O)OCO)cc2)cc1. The topological polar surface area (TPSA) is 76.0 Å². The zero-order valence-electron chi connectivity index (χ0n) is 12.7. The molecule has 0 aromatic heterocycles. The van der Waals surface area contributed by atoms with Crippen molar-refractivity contribution < 1.29 is 24.8 Å². The van der Waals surface area contributed by atoms with E-state index in [2.05, 4.69) is 9.62 Å². The predicted molar refractivity (Wildman–Crippen MR) is 85.4 cm³/mol. The van der Waals surface area contributed by atoms with Crippen LogP contribution in [0.4, 0.5) is 0 Å². The summed E-state index contributed by atoms with van der Waals surface area (Å²) < 4.78 is 4.39. The molecule has 0 saturated heterocycles. The molecule has 0 aliphatic rings. The lowest BCUT2D eigenvalue weighted by molar-refractivity contribution is -0.270. The molecule has 2 aromatic carbocycles. The van der Waals surface area contributed by atoms with Gasteiger partial charge in [-0.2, -0.15) is 0 Å². The molecule has 0 saturated carbocycles. The second kappa shape index (κ2) is 8.24. The number of hydrogen-bond donors (Lipinski definition) is 2. The zero-order valence-corrected chi connectivity index (χ0v) is 12.7. The van der Waals surface area contributed by atoms with E-state index in [1.54, 1.807) is 30.3 Å². The van der Waals surface area contributed by atoms with E-state index in [1.165, 1.54) is 6.08 Å². The van der Waals surface area contributed by atoms with Crippen LogP contribution in [0, 0.1) is 6.92 Å². The molecule has 5 heteroatoms. The summed E-state index contributed by atoms with van der Waals surface area (Å²) in [5.41, 5.74) is 3.53. The van der Waals surface area contributed by atoms with Gasteiger partial charge in [0.05, 0.1) is 0 Å². The fraction of sp³-hybridized carbons (Fsp3) is 0.167. The Bertz CT molecular complexity index is 659. The van der Waals surface area contributed by atoms with Gasteiger partial charge >= 0.3 is 5.97 Å². The van der Waals surface area contributed by atoms with Gasteiger partial charge in [-0.1, -0.05) is 54.1 Å². The summed E-state index contributed by atoms with van der Waals surface area (Å²) >= 11 is 0. The fourth-order valence-electron chi connectivity index (χ4n) is 2.11. The molecule has 23 heavy (non-hydrogen) atoms. The maximum atomic E-state index is 11.1. The summed E-state index contributed by atoms with van der Waals surface area (Å²) in [6.07, 6.45) is 2.22. The third-order valence-electron chi connectivity index (χ3n) is 3.34. The molecule has 5 nitrogen and oxygen atoms in total. The maximum Gasteiger partial charge on any atom is 0.332 e. The lowest BCUT2D eigenvalue weighted by Gasteiger charge is -2.14. The van der Waals surface area contributed by atoms with Crippen molar-refractivity contribution in [3.63, 3.8) is 0 Å². The highest BCUT2D eigenvalue weighted by Gasteiger charge is 2.14. The highest BCUT2D eigenvalue weighted by atomic mass is 17.1. The van der Waals surface area contributed by atoms with Gasteiger partial charge in [0.25, 0.3) is 0 Å². The summed E-state index contributed by atoms with van der Waals surface area (Å²) in [5.74, 6) is -0.618. The Morgan fingerprint density at radius 2 is 1.65 bits per heavy atom. The van der Waals surface area contributed by atoms with Crippen molar-refractivity contribution in [1.82, 2.24) is 0 Å². The van der Waals surface area contributed by atoms with E-state index in [-0.39, 0.29) is 0 Å². The van der Waals surface area contributed by atoms with E-state index in [0.29, 0.717) is 0 Å². The van der Waals surface area contributed by atoms with Gasteiger partial charge in [0.2, 0.25) is 0 Å². The fourth-order valence-corrected chi connectivity index (χ4v) is 2.11. The molecule has 1 unspecified atom stereocenters. The Morgan fingerprint density at radius 3 is 2.17 bits per heavy atom. The van der Waals surface area contributed by atoms with Crippen molar-refractivity contribution in [2.45, 2.75) is 13.0 Å². The number of aliphatic hydroxyl groups excluding tert-OH is 1. The largest absolute Gasteiger partial charge is 0.436 e. The molecule has 0 amide bonds. The van der Waals surface area contributed by atoms with Crippen molar-refractivity contribution >= 4 is 12.0 Å². The lowest BCUT2D eigenvalue weighted by atomic mass is 9.99. The Kier molecular flexibility index (Phi) is 6.05. The Balaban J connectivity index is 2.14. The lowest BCUT2D eigenvalue weighted by Crippen LogP contribution is -2.04. The minimum Gasteiger partial charge on any atom is -0.436 e. The number of ether oxygens (including phenoxy) is 1. The van der Waals surface area contributed by atoms with Crippen LogP contribution < -0.4 is 0 Å². The Labute approximate surface area is 134 Å². The molecule has 0 heterocycles. The van der Waals surface area contributed by atoms with Gasteiger partial charge in [-0.05, 0) is 29.7 Å². The quantitative estimate of drug-likeness (QED) is 0.282. The molecule has 0 spiro atoms. The normalized spacial score (nSPS) is 12.3. The van der Waals surface area contributed by atoms with Gasteiger partial charge in [-0.15, -0.1) is 0 Å². The smallest absolute Gasteiger partial charge is 0.332 e. The second-order valence-electron chi connectivity index (χ2n) is 4.99. The van der Waals surface area contributed by atoms with Gasteiger partial charge in [0, 0.05) is 6.08 Å². The Hall–Kier alpha value is -2.47. The van der Waals surface area contributed by atoms with Crippen LogP contribution >= 0.6 is 0 Å². The van der Waals surface area contributed by atoms with Crippen molar-refractivity contribution in [2.75, 3.05) is 6.79 Å². The monoisotopic (exact) mass is 314 g/mol. The van der Waals surface area contributed by atoms with Crippen LogP contribution in [-0.4, -0.2) is 23.1 Å². The number of esters is 1. The minimum atomic E-state index is -0.645. The maximum absolute atomic E-state index is 11.1. The van der Waals surface area contributed by atoms with E-state index in [1.807, 2.05) is 31.2 Å². The molecule has 2 aromatic rings. The highest BCUT2D eigenvalue weighted by Crippen LogP contribution is 2.26. The molecule has 0 radical (unpaired) electrons. The molecule has 0 fully saturated rings. The molecule has 0 bridgehead atoms. The summed E-state index contributed by atoms with van der Waals surface area (Å²) in [7, 11) is 0. The first kappa shape index (κ1) is 16.9. The third kappa shape index (κ3) is 4.75. The van der Waals surface area contributed by atoms with E-state index in [9.17, 15) is 10.1 Å². The minimum absolute atomic E-state index is 0.576. The van der Waals surface area contributed by atoms with Crippen LogP contribution in [0.15, 0.2) is 54.6 Å². The summed E-state index contributed by atoms with van der Waals surface area (Å²) in [6.45, 7) is 1.34. The number of aliphatic hydroxyl groups is 1. The molecule has 0 aliphatic heterocycles. The first-order valence-corrected chi connectivity index (χ1v) is 7.06. The molecule has 2 N–H and O–H groups in total.